The highest BCUT2D eigenvalue weighted by Crippen LogP contribution is 2.43. The Bertz CT molecular complexity index is 1100. The molecule has 0 spiro atoms. The predicted molar refractivity (Wildman–Crippen MR) is 113 cm³/mol. The minimum Gasteiger partial charge on any atom is -0.397 e. The summed E-state index contributed by atoms with van der Waals surface area (Å²) in [5.74, 6) is 0.0911. The van der Waals surface area contributed by atoms with E-state index in [0.29, 0.717) is 31.9 Å². The first kappa shape index (κ1) is 18.3. The summed E-state index contributed by atoms with van der Waals surface area (Å²) in [7, 11) is 0. The molecule has 0 saturated carbocycles. The second-order valence-electron chi connectivity index (χ2n) is 6.93. The van der Waals surface area contributed by atoms with E-state index in [1.807, 2.05) is 29.2 Å². The van der Waals surface area contributed by atoms with Gasteiger partial charge in [0.1, 0.15) is 27.2 Å². The molecule has 3 heterocycles. The second kappa shape index (κ2) is 7.13. The Morgan fingerprint density at radius 1 is 1.25 bits per heavy atom. The van der Waals surface area contributed by atoms with E-state index in [2.05, 4.69) is 18.0 Å². The van der Waals surface area contributed by atoms with Gasteiger partial charge >= 0.3 is 0 Å². The molecule has 0 radical (unpaired) electrons. The Balaban J connectivity index is 1.96. The average Bonchev–Trinajstić information content (AvgIpc) is 3.35. The van der Waals surface area contributed by atoms with Crippen molar-refractivity contribution >= 4 is 39.0 Å². The van der Waals surface area contributed by atoms with Crippen LogP contribution in [-0.2, 0) is 6.42 Å². The summed E-state index contributed by atoms with van der Waals surface area (Å²) in [6.45, 7) is 3.58. The molecule has 0 aliphatic carbocycles. The number of nitrogens with zero attached hydrogens (tertiary/aromatic N) is 3. The van der Waals surface area contributed by atoms with Gasteiger partial charge in [-0.3, -0.25) is 4.79 Å². The smallest absolute Gasteiger partial charge is 0.266 e. The Labute approximate surface area is 167 Å². The molecule has 4 rings (SSSR count). The van der Waals surface area contributed by atoms with Crippen LogP contribution in [0.15, 0.2) is 24.3 Å². The lowest BCUT2D eigenvalue weighted by Crippen LogP contribution is -2.27. The molecule has 1 fully saturated rings. The first-order valence-electron chi connectivity index (χ1n) is 9.35. The number of pyridine rings is 1. The minimum absolute atomic E-state index is 0.0673. The van der Waals surface area contributed by atoms with Crippen molar-refractivity contribution in [2.45, 2.75) is 26.2 Å². The van der Waals surface area contributed by atoms with Crippen molar-refractivity contribution in [3.8, 4) is 17.2 Å². The van der Waals surface area contributed by atoms with Crippen LogP contribution in [0.5, 0.6) is 0 Å². The van der Waals surface area contributed by atoms with E-state index < -0.39 is 0 Å². The summed E-state index contributed by atoms with van der Waals surface area (Å²) in [5.41, 5.74) is 15.9. The van der Waals surface area contributed by atoms with E-state index in [9.17, 15) is 10.1 Å². The number of nitrogens with two attached hydrogens (primary N) is 2. The number of likely N-dealkylation sites (tertiary alicyclic amines) is 1. The lowest BCUT2D eigenvalue weighted by Gasteiger charge is -2.14. The predicted octanol–water partition coefficient (Wildman–Crippen LogP) is 3.80. The largest absolute Gasteiger partial charge is 0.397 e. The topological polar surface area (TPSA) is 109 Å². The third-order valence-electron chi connectivity index (χ3n) is 5.25. The van der Waals surface area contributed by atoms with Crippen molar-refractivity contribution in [1.82, 2.24) is 9.88 Å². The molecule has 7 heteroatoms. The molecular formula is C21H21N5OS. The standard InChI is InChI=1S/C21H21N5OS/c1-2-12-5-7-13(8-6-12)15-14(11-22)19(24)25-20-16(15)17(23)18(28-20)21(27)26-9-3-4-10-26/h5-8H,2-4,9-10,23H2,1H3,(H2,24,25). The molecule has 1 saturated heterocycles. The van der Waals surface area contributed by atoms with Gasteiger partial charge in [0.2, 0.25) is 0 Å². The van der Waals surface area contributed by atoms with Gasteiger partial charge < -0.3 is 16.4 Å². The van der Waals surface area contributed by atoms with Crippen molar-refractivity contribution in [3.63, 3.8) is 0 Å². The number of hydrogen-bond acceptors (Lipinski definition) is 6. The van der Waals surface area contributed by atoms with Crippen LogP contribution in [-0.4, -0.2) is 28.9 Å². The van der Waals surface area contributed by atoms with Crippen LogP contribution in [0.3, 0.4) is 0 Å². The van der Waals surface area contributed by atoms with Gasteiger partial charge in [-0.05, 0) is 30.4 Å². The number of carbonyl (C=O) groups excluding carboxylic acids is 1. The maximum Gasteiger partial charge on any atom is 0.266 e. The Kier molecular flexibility index (Phi) is 4.65. The molecule has 1 aliphatic heterocycles. The zero-order valence-corrected chi connectivity index (χ0v) is 16.5. The van der Waals surface area contributed by atoms with Crippen LogP contribution in [0.1, 0.15) is 40.6 Å². The molecule has 1 aromatic carbocycles. The first-order valence-corrected chi connectivity index (χ1v) is 10.2. The quantitative estimate of drug-likeness (QED) is 0.706. The van der Waals surface area contributed by atoms with E-state index in [1.165, 1.54) is 16.9 Å². The van der Waals surface area contributed by atoms with Crippen molar-refractivity contribution < 1.29 is 4.79 Å². The first-order chi connectivity index (χ1) is 13.5. The third-order valence-corrected chi connectivity index (χ3v) is 6.34. The number of anilines is 2. The number of thiophene rings is 1. The maximum absolute atomic E-state index is 12.9. The number of nitriles is 1. The molecule has 28 heavy (non-hydrogen) atoms. The number of fused-ring (bicyclic) bond motifs is 1. The van der Waals surface area contributed by atoms with Crippen molar-refractivity contribution in [2.24, 2.45) is 0 Å². The minimum atomic E-state index is -0.0673. The van der Waals surface area contributed by atoms with Crippen LogP contribution >= 0.6 is 11.3 Å². The van der Waals surface area contributed by atoms with Gasteiger partial charge in [-0.1, -0.05) is 31.2 Å². The molecule has 2 aromatic heterocycles. The summed E-state index contributed by atoms with van der Waals surface area (Å²) in [5, 5.41) is 10.4. The molecule has 142 valence electrons. The fourth-order valence-corrected chi connectivity index (χ4v) is 4.78. The van der Waals surface area contributed by atoms with Crippen LogP contribution < -0.4 is 11.5 Å². The van der Waals surface area contributed by atoms with Gasteiger partial charge in [-0.15, -0.1) is 11.3 Å². The summed E-state index contributed by atoms with van der Waals surface area (Å²) in [6.07, 6.45) is 2.94. The van der Waals surface area contributed by atoms with Crippen LogP contribution in [0, 0.1) is 11.3 Å². The highest BCUT2D eigenvalue weighted by Gasteiger charge is 2.27. The van der Waals surface area contributed by atoms with Crippen LogP contribution in [0.25, 0.3) is 21.3 Å². The molecular weight excluding hydrogens is 370 g/mol. The molecule has 4 N–H and O–H groups in total. The Hall–Kier alpha value is -3.11. The van der Waals surface area contributed by atoms with Gasteiger partial charge in [0.05, 0.1) is 5.69 Å². The molecule has 1 amide bonds. The molecule has 0 atom stereocenters. The lowest BCUT2D eigenvalue weighted by atomic mass is 9.96. The van der Waals surface area contributed by atoms with E-state index in [-0.39, 0.29) is 11.7 Å². The maximum atomic E-state index is 12.9. The number of aryl methyl sites for hydroxylation is 1. The van der Waals surface area contributed by atoms with E-state index in [1.54, 1.807) is 0 Å². The van der Waals surface area contributed by atoms with Gasteiger partial charge in [0, 0.05) is 24.0 Å². The third kappa shape index (κ3) is 2.86. The lowest BCUT2D eigenvalue weighted by molar-refractivity contribution is 0.0798. The molecule has 0 unspecified atom stereocenters. The Morgan fingerprint density at radius 2 is 1.93 bits per heavy atom. The van der Waals surface area contributed by atoms with E-state index >= 15 is 0 Å². The van der Waals surface area contributed by atoms with Gasteiger partial charge in [-0.2, -0.15) is 5.26 Å². The zero-order chi connectivity index (χ0) is 19.8. The fourth-order valence-electron chi connectivity index (χ4n) is 3.70. The monoisotopic (exact) mass is 391 g/mol. The number of hydrogen-bond donors (Lipinski definition) is 2. The number of aromatic nitrogens is 1. The number of nitrogen functional groups attached to an aromatic ring is 2. The Morgan fingerprint density at radius 3 is 2.54 bits per heavy atom. The van der Waals surface area contributed by atoms with E-state index in [4.69, 9.17) is 11.5 Å². The normalized spacial score (nSPS) is 13.8. The summed E-state index contributed by atoms with van der Waals surface area (Å²) in [4.78, 5) is 20.2. The molecule has 6 nitrogen and oxygen atoms in total. The van der Waals surface area contributed by atoms with Gasteiger partial charge in [-0.25, -0.2) is 4.98 Å². The second-order valence-corrected chi connectivity index (χ2v) is 7.93. The number of carbonyl (C=O) groups is 1. The van der Waals surface area contributed by atoms with E-state index in [0.717, 1.165) is 37.9 Å². The number of amides is 1. The highest BCUT2D eigenvalue weighted by molar-refractivity contribution is 7.21. The number of rotatable bonds is 3. The zero-order valence-electron chi connectivity index (χ0n) is 15.7. The van der Waals surface area contributed by atoms with Gasteiger partial charge in [0.25, 0.3) is 5.91 Å². The summed E-state index contributed by atoms with van der Waals surface area (Å²) in [6, 6.07) is 10.2. The van der Waals surface area contributed by atoms with Crippen molar-refractivity contribution in [1.29, 1.82) is 5.26 Å². The van der Waals surface area contributed by atoms with Crippen molar-refractivity contribution in [2.75, 3.05) is 24.6 Å². The highest BCUT2D eigenvalue weighted by atomic mass is 32.1. The van der Waals surface area contributed by atoms with Gasteiger partial charge in [0.15, 0.2) is 0 Å². The summed E-state index contributed by atoms with van der Waals surface area (Å²) >= 11 is 1.25. The summed E-state index contributed by atoms with van der Waals surface area (Å²) < 4.78 is 0. The molecule has 3 aromatic rings. The molecule has 0 bridgehead atoms. The average molecular weight is 392 g/mol. The SMILES string of the molecule is CCc1ccc(-c2c(C#N)c(N)nc3sc(C(=O)N4CCCC4)c(N)c23)cc1. The number of benzene rings is 1. The van der Waals surface area contributed by atoms with Crippen LogP contribution in [0.2, 0.25) is 0 Å². The van der Waals surface area contributed by atoms with Crippen LogP contribution in [0.4, 0.5) is 11.5 Å². The fraction of sp³-hybridized carbons (Fsp3) is 0.286. The molecule has 1 aliphatic rings. The van der Waals surface area contributed by atoms with Crippen molar-refractivity contribution in [3.05, 3.63) is 40.3 Å².